The molecule has 1 atom stereocenters. The number of anilines is 3. The Labute approximate surface area is 417 Å². The molecular weight excluding hydrogens is 855 g/mol. The van der Waals surface area contributed by atoms with Crippen LogP contribution in [0.2, 0.25) is 0 Å². The van der Waals surface area contributed by atoms with Gasteiger partial charge in [0.2, 0.25) is 0 Å². The molecule has 0 saturated carbocycles. The van der Waals surface area contributed by atoms with Gasteiger partial charge in [-0.25, -0.2) is 0 Å². The monoisotopic (exact) mass is 905 g/mol. The topological polar surface area (TPSA) is 3.24 Å². The normalized spacial score (nSPS) is 14.8. The summed E-state index contributed by atoms with van der Waals surface area (Å²) in [5.41, 5.74) is 24.9. The van der Waals surface area contributed by atoms with Gasteiger partial charge in [0.05, 0.1) is 5.41 Å². The van der Waals surface area contributed by atoms with E-state index in [1.165, 1.54) is 100 Å². The van der Waals surface area contributed by atoms with Gasteiger partial charge >= 0.3 is 0 Å². The zero-order valence-corrected chi connectivity index (χ0v) is 39.9. The van der Waals surface area contributed by atoms with E-state index in [0.717, 1.165) is 17.1 Å². The van der Waals surface area contributed by atoms with Crippen LogP contribution in [0.5, 0.6) is 0 Å². The van der Waals surface area contributed by atoms with Crippen LogP contribution in [-0.2, 0) is 10.8 Å². The molecule has 0 fully saturated rings. The van der Waals surface area contributed by atoms with E-state index < -0.39 is 5.41 Å². The number of benzene rings is 11. The van der Waals surface area contributed by atoms with Gasteiger partial charge in [-0.15, -0.1) is 0 Å². The van der Waals surface area contributed by atoms with Gasteiger partial charge in [0, 0.05) is 22.5 Å². The smallest absolute Gasteiger partial charge is 0.0720 e. The van der Waals surface area contributed by atoms with Crippen molar-refractivity contribution in [1.82, 2.24) is 0 Å². The van der Waals surface area contributed by atoms with Crippen molar-refractivity contribution in [2.45, 2.75) is 24.7 Å². The predicted molar refractivity (Wildman–Crippen MR) is 298 cm³/mol. The predicted octanol–water partition coefficient (Wildman–Crippen LogP) is 18.5. The minimum Gasteiger partial charge on any atom is -0.310 e. The van der Waals surface area contributed by atoms with Gasteiger partial charge in [-0.1, -0.05) is 238 Å². The Balaban J connectivity index is 1.10. The maximum atomic E-state index is 2.52. The molecule has 1 unspecified atom stereocenters. The van der Waals surface area contributed by atoms with Crippen LogP contribution in [0.3, 0.4) is 0 Å². The van der Waals surface area contributed by atoms with Crippen molar-refractivity contribution in [3.05, 3.63) is 306 Å². The second-order valence-electron chi connectivity index (χ2n) is 19.6. The lowest BCUT2D eigenvalue weighted by molar-refractivity contribution is 0.660. The third-order valence-corrected chi connectivity index (χ3v) is 15.4. The maximum absolute atomic E-state index is 2.52. The summed E-state index contributed by atoms with van der Waals surface area (Å²) in [5, 5.41) is 0. The molecule has 11 aromatic carbocycles. The molecule has 336 valence electrons. The molecule has 71 heavy (non-hydrogen) atoms. The minimum atomic E-state index is -0.706. The highest BCUT2D eigenvalue weighted by Gasteiger charge is 2.48. The molecule has 0 amide bonds. The molecule has 1 heteroatoms. The zero-order chi connectivity index (χ0) is 47.5. The van der Waals surface area contributed by atoms with Crippen LogP contribution in [0.4, 0.5) is 17.1 Å². The van der Waals surface area contributed by atoms with Gasteiger partial charge in [-0.3, -0.25) is 0 Å². The fraction of sp³-hybridized carbons (Fsp3) is 0.0571. The lowest BCUT2D eigenvalue weighted by atomic mass is 9.65. The summed E-state index contributed by atoms with van der Waals surface area (Å²) in [5.74, 6) is 0. The Hall–Kier alpha value is -8.78. The van der Waals surface area contributed by atoms with Crippen molar-refractivity contribution in [2.24, 2.45) is 0 Å². The number of fused-ring (bicyclic) bond motifs is 6. The van der Waals surface area contributed by atoms with Gasteiger partial charge < -0.3 is 4.90 Å². The molecule has 2 aliphatic rings. The summed E-state index contributed by atoms with van der Waals surface area (Å²) in [6.07, 6.45) is 0. The van der Waals surface area contributed by atoms with Crippen LogP contribution in [0, 0.1) is 0 Å². The van der Waals surface area contributed by atoms with Crippen molar-refractivity contribution in [3.63, 3.8) is 0 Å². The first-order valence-electron chi connectivity index (χ1n) is 24.8. The Kier molecular flexibility index (Phi) is 10.1. The SMILES string of the molecule is CC1(C)c2ccccc2-c2ccc(N(c3ccc(-c4ccccc4)cc3)c3ccc4c(c3)C(c3ccccc3)(c3ccc(-c5ccccc5)cc3)c3c(-c5ccccc5)cc(-c5ccccc5)cc3-4)cc21. The van der Waals surface area contributed by atoms with Gasteiger partial charge in [0.25, 0.3) is 0 Å². The quantitative estimate of drug-likeness (QED) is 0.139. The lowest BCUT2D eigenvalue weighted by Crippen LogP contribution is -2.29. The lowest BCUT2D eigenvalue weighted by Gasteiger charge is -2.36. The molecule has 0 bridgehead atoms. The Morgan fingerprint density at radius 1 is 0.254 bits per heavy atom. The van der Waals surface area contributed by atoms with Crippen LogP contribution in [0.15, 0.2) is 273 Å². The van der Waals surface area contributed by atoms with Crippen LogP contribution in [-0.4, -0.2) is 0 Å². The number of hydrogen-bond donors (Lipinski definition) is 0. The molecule has 0 aliphatic heterocycles. The summed E-state index contributed by atoms with van der Waals surface area (Å²) < 4.78 is 0. The van der Waals surface area contributed by atoms with E-state index in [2.05, 4.69) is 292 Å². The summed E-state index contributed by atoms with van der Waals surface area (Å²) in [6, 6.07) is 101. The highest BCUT2D eigenvalue weighted by Crippen LogP contribution is 2.61. The largest absolute Gasteiger partial charge is 0.310 e. The van der Waals surface area contributed by atoms with E-state index in [1.807, 2.05) is 0 Å². The zero-order valence-electron chi connectivity index (χ0n) is 39.9. The van der Waals surface area contributed by atoms with E-state index in [-0.39, 0.29) is 5.41 Å². The minimum absolute atomic E-state index is 0.164. The average molecular weight is 906 g/mol. The summed E-state index contributed by atoms with van der Waals surface area (Å²) in [7, 11) is 0. The highest BCUT2D eigenvalue weighted by atomic mass is 15.1. The summed E-state index contributed by atoms with van der Waals surface area (Å²) in [4.78, 5) is 2.49. The Bertz CT molecular complexity index is 3730. The summed E-state index contributed by atoms with van der Waals surface area (Å²) in [6.45, 7) is 4.75. The first-order chi connectivity index (χ1) is 35.0. The third-order valence-electron chi connectivity index (χ3n) is 15.4. The van der Waals surface area contributed by atoms with Crippen molar-refractivity contribution < 1.29 is 0 Å². The second-order valence-corrected chi connectivity index (χ2v) is 19.6. The average Bonchev–Trinajstić information content (AvgIpc) is 3.87. The number of nitrogens with zero attached hydrogens (tertiary/aromatic N) is 1. The molecule has 0 N–H and O–H groups in total. The molecule has 2 aliphatic carbocycles. The van der Waals surface area contributed by atoms with Crippen LogP contribution in [0.25, 0.3) is 66.8 Å². The molecule has 0 radical (unpaired) electrons. The van der Waals surface area contributed by atoms with Crippen molar-refractivity contribution >= 4 is 17.1 Å². The fourth-order valence-electron chi connectivity index (χ4n) is 12.0. The molecule has 11 aromatic rings. The third kappa shape index (κ3) is 6.91. The van der Waals surface area contributed by atoms with Crippen LogP contribution < -0.4 is 4.90 Å². The van der Waals surface area contributed by atoms with Crippen LogP contribution >= 0.6 is 0 Å². The first kappa shape index (κ1) is 42.3. The molecule has 0 spiro atoms. The molecular formula is C70H51N. The van der Waals surface area contributed by atoms with Gasteiger partial charge in [-0.2, -0.15) is 0 Å². The van der Waals surface area contributed by atoms with Crippen molar-refractivity contribution in [3.8, 4) is 66.8 Å². The number of hydrogen-bond acceptors (Lipinski definition) is 1. The Morgan fingerprint density at radius 3 is 1.23 bits per heavy atom. The van der Waals surface area contributed by atoms with Gasteiger partial charge in [0.1, 0.15) is 0 Å². The van der Waals surface area contributed by atoms with Crippen LogP contribution in [0.1, 0.15) is 47.2 Å². The van der Waals surface area contributed by atoms with Crippen molar-refractivity contribution in [2.75, 3.05) is 4.90 Å². The number of rotatable bonds is 9. The van der Waals surface area contributed by atoms with Gasteiger partial charge in [-0.05, 0) is 149 Å². The Morgan fingerprint density at radius 2 is 0.648 bits per heavy atom. The summed E-state index contributed by atoms with van der Waals surface area (Å²) >= 11 is 0. The standard InChI is InChI=1S/C70H51N/c1-69(2)65-31-19-18-30-60(65)61-42-40-58(46-66(61)69)71(57-38-34-52(35-39-57)49-22-10-4-11-23-49)59-41-43-62-64-45-54(50-24-12-5-13-25-50)44-63(53-26-14-6-15-27-53)68(64)70(67(62)47-59,55-28-16-7-17-29-55)56-36-32-51(33-37-56)48-20-8-3-9-21-48/h3-47H,1-2H3. The van der Waals surface area contributed by atoms with E-state index >= 15 is 0 Å². The maximum Gasteiger partial charge on any atom is 0.0720 e. The van der Waals surface area contributed by atoms with Gasteiger partial charge in [0.15, 0.2) is 0 Å². The first-order valence-corrected chi connectivity index (χ1v) is 24.8. The highest BCUT2D eigenvalue weighted by molar-refractivity contribution is 5.97. The molecule has 0 saturated heterocycles. The van der Waals surface area contributed by atoms with E-state index in [9.17, 15) is 0 Å². The fourth-order valence-corrected chi connectivity index (χ4v) is 12.0. The van der Waals surface area contributed by atoms with E-state index in [0.29, 0.717) is 0 Å². The molecule has 13 rings (SSSR count). The van der Waals surface area contributed by atoms with Crippen molar-refractivity contribution in [1.29, 1.82) is 0 Å². The molecule has 1 nitrogen and oxygen atoms in total. The van der Waals surface area contributed by atoms with E-state index in [1.54, 1.807) is 0 Å². The molecule has 0 aromatic heterocycles. The van der Waals surface area contributed by atoms with E-state index in [4.69, 9.17) is 0 Å². The molecule has 0 heterocycles. The second kappa shape index (κ2) is 17.0.